The van der Waals surface area contributed by atoms with Crippen LogP contribution in [-0.4, -0.2) is 11.8 Å². The van der Waals surface area contributed by atoms with Gasteiger partial charge in [0, 0.05) is 22.5 Å². The van der Waals surface area contributed by atoms with Crippen LogP contribution in [0.15, 0.2) is 72.8 Å². The van der Waals surface area contributed by atoms with Crippen molar-refractivity contribution >= 4 is 23.2 Å². The first-order valence-electron chi connectivity index (χ1n) is 13.5. The first-order chi connectivity index (χ1) is 17.6. The van der Waals surface area contributed by atoms with E-state index in [0.29, 0.717) is 11.1 Å². The molecule has 0 radical (unpaired) electrons. The van der Waals surface area contributed by atoms with Gasteiger partial charge in [0.05, 0.1) is 0 Å². The molecule has 3 aromatic carbocycles. The second-order valence-corrected chi connectivity index (χ2v) is 9.50. The summed E-state index contributed by atoms with van der Waals surface area (Å²) in [5.41, 5.74) is 5.16. The summed E-state index contributed by atoms with van der Waals surface area (Å²) in [6.45, 7) is 4.44. The van der Waals surface area contributed by atoms with Crippen molar-refractivity contribution in [1.29, 1.82) is 0 Å². The molecule has 0 spiro atoms. The number of hydrogen-bond acceptors (Lipinski definition) is 2. The minimum Gasteiger partial charge on any atom is -0.322 e. The van der Waals surface area contributed by atoms with Crippen LogP contribution in [0.25, 0.3) is 0 Å². The van der Waals surface area contributed by atoms with E-state index in [9.17, 15) is 9.59 Å². The fourth-order valence-corrected chi connectivity index (χ4v) is 4.20. The molecule has 36 heavy (non-hydrogen) atoms. The van der Waals surface area contributed by atoms with Crippen LogP contribution in [0.4, 0.5) is 11.4 Å². The maximum absolute atomic E-state index is 12.6. The van der Waals surface area contributed by atoms with Crippen molar-refractivity contribution in [2.45, 2.75) is 78.1 Å². The number of hydrogen-bond donors (Lipinski definition) is 2. The third-order valence-corrected chi connectivity index (χ3v) is 6.47. The van der Waals surface area contributed by atoms with Crippen molar-refractivity contribution in [2.75, 3.05) is 10.6 Å². The predicted molar refractivity (Wildman–Crippen MR) is 151 cm³/mol. The number of carbonyl (C=O) groups is 2. The van der Waals surface area contributed by atoms with Gasteiger partial charge in [-0.05, 0) is 85.3 Å². The molecule has 3 rings (SSSR count). The molecule has 190 valence electrons. The Balaban J connectivity index is 1.48. The third kappa shape index (κ3) is 8.99. The Labute approximate surface area is 216 Å². The number of nitrogens with one attached hydrogen (secondary N) is 2. The van der Waals surface area contributed by atoms with Crippen LogP contribution in [0.1, 0.15) is 97.1 Å². The molecule has 0 saturated carbocycles. The minimum atomic E-state index is -0.188. The zero-order chi connectivity index (χ0) is 25.6. The molecule has 0 aliphatic carbocycles. The van der Waals surface area contributed by atoms with Crippen molar-refractivity contribution in [2.24, 2.45) is 0 Å². The summed E-state index contributed by atoms with van der Waals surface area (Å²) in [6.07, 6.45) is 12.1. The van der Waals surface area contributed by atoms with Crippen molar-refractivity contribution in [3.05, 3.63) is 95.1 Å². The molecule has 0 aromatic heterocycles. The zero-order valence-corrected chi connectivity index (χ0v) is 21.8. The Kier molecular flexibility index (Phi) is 11.2. The van der Waals surface area contributed by atoms with E-state index in [0.717, 1.165) is 24.2 Å². The maximum Gasteiger partial charge on any atom is 0.255 e. The highest BCUT2D eigenvalue weighted by molar-refractivity contribution is 6.07. The molecule has 0 bridgehead atoms. The van der Waals surface area contributed by atoms with Gasteiger partial charge in [-0.25, -0.2) is 0 Å². The highest BCUT2D eigenvalue weighted by Crippen LogP contribution is 2.16. The number of aryl methyl sites for hydroxylation is 2. The van der Waals surface area contributed by atoms with Gasteiger partial charge in [-0.2, -0.15) is 0 Å². The van der Waals surface area contributed by atoms with Crippen molar-refractivity contribution in [3.8, 4) is 0 Å². The summed E-state index contributed by atoms with van der Waals surface area (Å²) in [4.78, 5) is 25.3. The minimum absolute atomic E-state index is 0.188. The fourth-order valence-electron chi connectivity index (χ4n) is 4.20. The second-order valence-electron chi connectivity index (χ2n) is 9.50. The molecule has 2 amide bonds. The first-order valence-corrected chi connectivity index (χ1v) is 13.5. The lowest BCUT2D eigenvalue weighted by Crippen LogP contribution is -2.14. The average Bonchev–Trinajstić information content (AvgIpc) is 2.91. The van der Waals surface area contributed by atoms with Crippen LogP contribution in [0.2, 0.25) is 0 Å². The predicted octanol–water partition coefficient (Wildman–Crippen LogP) is 8.44. The summed E-state index contributed by atoms with van der Waals surface area (Å²) >= 11 is 0. The third-order valence-electron chi connectivity index (χ3n) is 6.47. The molecular weight excluding hydrogens is 444 g/mol. The maximum atomic E-state index is 12.6. The Bertz CT molecular complexity index is 982. The van der Waals surface area contributed by atoms with E-state index in [1.807, 2.05) is 24.3 Å². The van der Waals surface area contributed by atoms with Gasteiger partial charge in [0.25, 0.3) is 11.8 Å². The van der Waals surface area contributed by atoms with Crippen molar-refractivity contribution < 1.29 is 9.59 Å². The zero-order valence-electron chi connectivity index (χ0n) is 21.8. The van der Waals surface area contributed by atoms with Gasteiger partial charge in [-0.1, -0.05) is 76.6 Å². The standard InChI is InChI=1S/C32H40N2O2/c1-3-5-7-9-11-25-13-21-29(22-14-25)33-31(35)27-17-19-28(20-18-27)32(36)34-30-23-15-26(16-24-30)12-10-8-6-4-2/h13-24H,3-12H2,1-2H3,(H,33,35)(H,34,36). The topological polar surface area (TPSA) is 58.2 Å². The number of benzene rings is 3. The van der Waals surface area contributed by atoms with Crippen LogP contribution in [0, 0.1) is 0 Å². The molecule has 0 saturated heterocycles. The molecule has 4 nitrogen and oxygen atoms in total. The molecule has 4 heteroatoms. The van der Waals surface area contributed by atoms with E-state index in [1.54, 1.807) is 24.3 Å². The molecule has 3 aromatic rings. The molecular formula is C32H40N2O2. The van der Waals surface area contributed by atoms with E-state index in [1.165, 1.54) is 62.5 Å². The molecule has 0 heterocycles. The van der Waals surface area contributed by atoms with Crippen LogP contribution < -0.4 is 10.6 Å². The largest absolute Gasteiger partial charge is 0.322 e. The molecule has 0 fully saturated rings. The summed E-state index contributed by atoms with van der Waals surface area (Å²) in [6, 6.07) is 22.9. The lowest BCUT2D eigenvalue weighted by Gasteiger charge is -2.09. The second kappa shape index (κ2) is 14.9. The number of amides is 2. The molecule has 0 aliphatic heterocycles. The highest BCUT2D eigenvalue weighted by atomic mass is 16.2. The summed E-state index contributed by atoms with van der Waals surface area (Å²) < 4.78 is 0. The summed E-state index contributed by atoms with van der Waals surface area (Å²) in [7, 11) is 0. The van der Waals surface area contributed by atoms with E-state index < -0.39 is 0 Å². The lowest BCUT2D eigenvalue weighted by molar-refractivity contribution is 0.101. The number of anilines is 2. The van der Waals surface area contributed by atoms with Crippen molar-refractivity contribution in [1.82, 2.24) is 0 Å². The SMILES string of the molecule is CCCCCCc1ccc(NC(=O)c2ccc(C(=O)Nc3ccc(CCCCCC)cc3)cc2)cc1. The molecule has 0 aliphatic rings. The number of carbonyl (C=O) groups excluding carboxylic acids is 2. The fraction of sp³-hybridized carbons (Fsp3) is 0.375. The Hall–Kier alpha value is -3.40. The summed E-state index contributed by atoms with van der Waals surface area (Å²) in [5.74, 6) is -0.376. The van der Waals surface area contributed by atoms with Gasteiger partial charge in [0.2, 0.25) is 0 Å². The van der Waals surface area contributed by atoms with Gasteiger partial charge in [-0.15, -0.1) is 0 Å². The molecule has 2 N–H and O–H groups in total. The quantitative estimate of drug-likeness (QED) is 0.226. The van der Waals surface area contributed by atoms with Crippen LogP contribution in [0.3, 0.4) is 0 Å². The molecule has 0 atom stereocenters. The Morgan fingerprint density at radius 3 is 1.19 bits per heavy atom. The van der Waals surface area contributed by atoms with Crippen LogP contribution in [-0.2, 0) is 12.8 Å². The van der Waals surface area contributed by atoms with Gasteiger partial charge < -0.3 is 10.6 Å². The van der Waals surface area contributed by atoms with Gasteiger partial charge in [0.15, 0.2) is 0 Å². The number of unbranched alkanes of at least 4 members (excludes halogenated alkanes) is 6. The van der Waals surface area contributed by atoms with E-state index >= 15 is 0 Å². The van der Waals surface area contributed by atoms with E-state index in [-0.39, 0.29) is 11.8 Å². The number of rotatable bonds is 14. The van der Waals surface area contributed by atoms with Gasteiger partial charge in [-0.3, -0.25) is 9.59 Å². The van der Waals surface area contributed by atoms with Crippen LogP contribution in [0.5, 0.6) is 0 Å². The van der Waals surface area contributed by atoms with E-state index in [4.69, 9.17) is 0 Å². The van der Waals surface area contributed by atoms with Gasteiger partial charge >= 0.3 is 0 Å². The van der Waals surface area contributed by atoms with Crippen LogP contribution >= 0.6 is 0 Å². The lowest BCUT2D eigenvalue weighted by atomic mass is 10.1. The first kappa shape index (κ1) is 27.2. The molecule has 0 unspecified atom stereocenters. The normalized spacial score (nSPS) is 10.7. The highest BCUT2D eigenvalue weighted by Gasteiger charge is 2.10. The Morgan fingerprint density at radius 2 is 0.861 bits per heavy atom. The van der Waals surface area contributed by atoms with Gasteiger partial charge in [0.1, 0.15) is 0 Å². The van der Waals surface area contributed by atoms with Crippen molar-refractivity contribution in [3.63, 3.8) is 0 Å². The van der Waals surface area contributed by atoms with E-state index in [2.05, 4.69) is 48.7 Å². The smallest absolute Gasteiger partial charge is 0.255 e. The monoisotopic (exact) mass is 484 g/mol. The Morgan fingerprint density at radius 1 is 0.500 bits per heavy atom. The average molecular weight is 485 g/mol. The summed E-state index contributed by atoms with van der Waals surface area (Å²) in [5, 5.41) is 5.88.